The predicted octanol–water partition coefficient (Wildman–Crippen LogP) is 1.46. The number of halogens is 5. The second-order valence-corrected chi connectivity index (χ2v) is 3.29. The molecule has 0 saturated heterocycles. The normalized spacial score (nSPS) is 12.4. The van der Waals surface area contributed by atoms with E-state index in [0.29, 0.717) is 0 Å². The Labute approximate surface area is 97.8 Å². The molecule has 1 aromatic rings. The highest BCUT2D eigenvalue weighted by Gasteiger charge is 2.28. The van der Waals surface area contributed by atoms with Crippen molar-refractivity contribution in [1.82, 2.24) is 0 Å². The first-order valence-corrected chi connectivity index (χ1v) is 4.57. The molecule has 0 aliphatic rings. The summed E-state index contributed by atoms with van der Waals surface area (Å²) in [5, 5.41) is 9.12. The van der Waals surface area contributed by atoms with Crippen molar-refractivity contribution in [3.05, 3.63) is 34.6 Å². The van der Waals surface area contributed by atoms with Crippen LogP contribution in [0.25, 0.3) is 0 Å². The number of esters is 1. The summed E-state index contributed by atoms with van der Waals surface area (Å²) in [6, 6.07) is 0. The largest absolute Gasteiger partial charge is 0.467 e. The summed E-state index contributed by atoms with van der Waals surface area (Å²) >= 11 is 0. The minimum Gasteiger partial charge on any atom is -0.467 e. The molecular formula is C10H7F5O3. The molecule has 0 aromatic heterocycles. The summed E-state index contributed by atoms with van der Waals surface area (Å²) in [7, 11) is 0.893. The fourth-order valence-electron chi connectivity index (χ4n) is 1.24. The first kappa shape index (κ1) is 14.4. The average molecular weight is 270 g/mol. The smallest absolute Gasteiger partial charge is 0.335 e. The molecule has 1 aromatic carbocycles. The highest BCUT2D eigenvalue weighted by Crippen LogP contribution is 2.24. The number of hydrogen-bond acceptors (Lipinski definition) is 3. The van der Waals surface area contributed by atoms with E-state index in [1.54, 1.807) is 0 Å². The van der Waals surface area contributed by atoms with E-state index in [9.17, 15) is 26.7 Å². The molecule has 0 bridgehead atoms. The van der Waals surface area contributed by atoms with Gasteiger partial charge in [0.2, 0.25) is 5.82 Å². The van der Waals surface area contributed by atoms with Crippen molar-refractivity contribution >= 4 is 5.97 Å². The molecule has 0 saturated carbocycles. The quantitative estimate of drug-likeness (QED) is 0.391. The Balaban J connectivity index is 3.22. The van der Waals surface area contributed by atoms with Crippen LogP contribution in [0.3, 0.4) is 0 Å². The Morgan fingerprint density at radius 1 is 1.06 bits per heavy atom. The van der Waals surface area contributed by atoms with Crippen molar-refractivity contribution in [3.8, 4) is 0 Å². The van der Waals surface area contributed by atoms with Crippen LogP contribution < -0.4 is 0 Å². The summed E-state index contributed by atoms with van der Waals surface area (Å²) in [6.45, 7) is 0. The molecule has 8 heteroatoms. The van der Waals surface area contributed by atoms with E-state index in [1.165, 1.54) is 0 Å². The number of rotatable bonds is 3. The van der Waals surface area contributed by atoms with E-state index in [1.807, 2.05) is 0 Å². The third-order valence-electron chi connectivity index (χ3n) is 2.17. The van der Waals surface area contributed by atoms with Gasteiger partial charge in [0.15, 0.2) is 29.4 Å². The topological polar surface area (TPSA) is 46.5 Å². The van der Waals surface area contributed by atoms with Gasteiger partial charge in [0.05, 0.1) is 7.11 Å². The Kier molecular flexibility index (Phi) is 4.23. The molecule has 1 atom stereocenters. The van der Waals surface area contributed by atoms with Crippen molar-refractivity contribution < 1.29 is 36.6 Å². The molecule has 0 amide bonds. The lowest BCUT2D eigenvalue weighted by Crippen LogP contribution is -2.26. The lowest BCUT2D eigenvalue weighted by molar-refractivity contribution is -0.150. The van der Waals surface area contributed by atoms with Crippen LogP contribution >= 0.6 is 0 Å². The van der Waals surface area contributed by atoms with Crippen LogP contribution in [-0.2, 0) is 16.0 Å². The van der Waals surface area contributed by atoms with E-state index >= 15 is 0 Å². The lowest BCUT2D eigenvalue weighted by atomic mass is 10.1. The van der Waals surface area contributed by atoms with E-state index in [-0.39, 0.29) is 0 Å². The molecule has 0 aliphatic carbocycles. The van der Waals surface area contributed by atoms with Gasteiger partial charge in [-0.15, -0.1) is 0 Å². The Morgan fingerprint density at radius 2 is 1.44 bits per heavy atom. The summed E-state index contributed by atoms with van der Waals surface area (Å²) in [5.74, 6) is -12.0. The minimum absolute atomic E-state index is 0.893. The minimum atomic E-state index is -2.30. The van der Waals surface area contributed by atoms with E-state index in [2.05, 4.69) is 4.74 Å². The summed E-state index contributed by atoms with van der Waals surface area (Å²) in [5.41, 5.74) is -1.27. The van der Waals surface area contributed by atoms with Crippen LogP contribution in [0.5, 0.6) is 0 Å². The van der Waals surface area contributed by atoms with Crippen molar-refractivity contribution in [2.75, 3.05) is 7.11 Å². The zero-order valence-electron chi connectivity index (χ0n) is 8.94. The second-order valence-electron chi connectivity index (χ2n) is 3.29. The molecule has 3 nitrogen and oxygen atoms in total. The summed E-state index contributed by atoms with van der Waals surface area (Å²) in [4.78, 5) is 10.8. The number of carbonyl (C=O) groups is 1. The van der Waals surface area contributed by atoms with Gasteiger partial charge in [0.1, 0.15) is 0 Å². The second kappa shape index (κ2) is 5.30. The van der Waals surface area contributed by atoms with E-state index < -0.39 is 53.1 Å². The van der Waals surface area contributed by atoms with Gasteiger partial charge in [-0.25, -0.2) is 26.7 Å². The lowest BCUT2D eigenvalue weighted by Gasteiger charge is -2.11. The van der Waals surface area contributed by atoms with Crippen molar-refractivity contribution in [2.45, 2.75) is 12.5 Å². The van der Waals surface area contributed by atoms with E-state index in [0.717, 1.165) is 7.11 Å². The number of carbonyl (C=O) groups excluding carboxylic acids is 1. The monoisotopic (exact) mass is 270 g/mol. The maximum atomic E-state index is 13.1. The molecule has 0 fully saturated rings. The molecule has 1 unspecified atom stereocenters. The van der Waals surface area contributed by atoms with Gasteiger partial charge >= 0.3 is 5.97 Å². The Hall–Kier alpha value is -1.70. The first-order chi connectivity index (χ1) is 8.31. The van der Waals surface area contributed by atoms with Crippen molar-refractivity contribution in [3.63, 3.8) is 0 Å². The number of methoxy groups -OCH3 is 1. The van der Waals surface area contributed by atoms with Crippen molar-refractivity contribution in [1.29, 1.82) is 0 Å². The highest BCUT2D eigenvalue weighted by molar-refractivity contribution is 5.74. The van der Waals surface area contributed by atoms with Crippen LogP contribution in [0.1, 0.15) is 5.56 Å². The first-order valence-electron chi connectivity index (χ1n) is 4.57. The zero-order chi connectivity index (χ0) is 14.0. The zero-order valence-corrected chi connectivity index (χ0v) is 8.94. The number of ether oxygens (including phenoxy) is 1. The third kappa shape index (κ3) is 2.42. The molecule has 1 N–H and O–H groups in total. The maximum Gasteiger partial charge on any atom is 0.335 e. The molecule has 18 heavy (non-hydrogen) atoms. The van der Waals surface area contributed by atoms with Gasteiger partial charge in [0.25, 0.3) is 0 Å². The molecule has 0 spiro atoms. The van der Waals surface area contributed by atoms with Crippen molar-refractivity contribution in [2.24, 2.45) is 0 Å². The van der Waals surface area contributed by atoms with Crippen LogP contribution in [0.2, 0.25) is 0 Å². The number of hydrogen-bond donors (Lipinski definition) is 1. The molecule has 0 radical (unpaired) electrons. The number of aliphatic hydroxyl groups excluding tert-OH is 1. The Morgan fingerprint density at radius 3 is 1.83 bits per heavy atom. The van der Waals surface area contributed by atoms with Gasteiger partial charge in [-0.2, -0.15) is 0 Å². The summed E-state index contributed by atoms with van der Waals surface area (Å²) in [6.07, 6.45) is -3.11. The van der Waals surface area contributed by atoms with Crippen LogP contribution in [0, 0.1) is 29.1 Å². The van der Waals surface area contributed by atoms with Crippen LogP contribution in [0.4, 0.5) is 22.0 Å². The van der Waals surface area contributed by atoms with Gasteiger partial charge in [-0.3, -0.25) is 0 Å². The van der Waals surface area contributed by atoms with Crippen LogP contribution in [-0.4, -0.2) is 24.3 Å². The fraction of sp³-hybridized carbons (Fsp3) is 0.300. The fourth-order valence-corrected chi connectivity index (χ4v) is 1.24. The SMILES string of the molecule is COC(=O)C(O)Cc1c(F)c(F)c(F)c(F)c1F. The Bertz CT molecular complexity index is 460. The van der Waals surface area contributed by atoms with Gasteiger partial charge in [-0.05, 0) is 0 Å². The standard InChI is InChI=1S/C10H7F5O3/c1-18-10(17)4(16)2-3-5(11)7(13)9(15)8(14)6(3)12/h4,16H,2H2,1H3. The summed E-state index contributed by atoms with van der Waals surface area (Å²) < 4.78 is 68.6. The maximum absolute atomic E-state index is 13.1. The van der Waals surface area contributed by atoms with E-state index in [4.69, 9.17) is 5.11 Å². The van der Waals surface area contributed by atoms with Gasteiger partial charge in [-0.1, -0.05) is 0 Å². The average Bonchev–Trinajstić information content (AvgIpc) is 2.37. The molecule has 100 valence electrons. The molecular weight excluding hydrogens is 263 g/mol. The van der Waals surface area contributed by atoms with Crippen LogP contribution in [0.15, 0.2) is 0 Å². The molecule has 1 rings (SSSR count). The highest BCUT2D eigenvalue weighted by atomic mass is 19.2. The molecule has 0 aliphatic heterocycles. The number of benzene rings is 1. The van der Waals surface area contributed by atoms with Gasteiger partial charge in [0, 0.05) is 12.0 Å². The molecule has 0 heterocycles. The number of aliphatic hydroxyl groups is 1. The third-order valence-corrected chi connectivity index (χ3v) is 2.17. The van der Waals surface area contributed by atoms with Gasteiger partial charge < -0.3 is 9.84 Å². The predicted molar refractivity (Wildman–Crippen MR) is 48.0 cm³/mol.